The highest BCUT2D eigenvalue weighted by atomic mass is 79.9. The molecule has 5 heteroatoms. The van der Waals surface area contributed by atoms with Gasteiger partial charge in [-0.1, -0.05) is 41.1 Å². The molecule has 0 heterocycles. The minimum atomic E-state index is -0.547. The standard InChI is InChI=1S/C16H18BrNO3/c1-3-5-6-7-16(20)21-11-15(19)18-14-9-8-13(17)10-12(14)4-2/h3,5-10H,4,11H2,1-2H3,(H,18,19)/b5-3+,7-6+. The van der Waals surface area contributed by atoms with Gasteiger partial charge in [0.2, 0.25) is 0 Å². The first-order chi connectivity index (χ1) is 10.1. The molecule has 1 aromatic carbocycles. The number of amides is 1. The fourth-order valence-electron chi connectivity index (χ4n) is 1.59. The molecular weight excluding hydrogens is 334 g/mol. The zero-order chi connectivity index (χ0) is 15.7. The Balaban J connectivity index is 2.53. The maximum absolute atomic E-state index is 11.8. The molecule has 0 aliphatic heterocycles. The first kappa shape index (κ1) is 17.2. The quantitative estimate of drug-likeness (QED) is 0.483. The van der Waals surface area contributed by atoms with Crippen molar-refractivity contribution < 1.29 is 14.3 Å². The van der Waals surface area contributed by atoms with Crippen LogP contribution in [-0.4, -0.2) is 18.5 Å². The van der Waals surface area contributed by atoms with Crippen molar-refractivity contribution in [2.24, 2.45) is 0 Å². The van der Waals surface area contributed by atoms with Gasteiger partial charge in [-0.15, -0.1) is 0 Å². The third-order valence-electron chi connectivity index (χ3n) is 2.60. The summed E-state index contributed by atoms with van der Waals surface area (Å²) >= 11 is 3.39. The molecule has 112 valence electrons. The van der Waals surface area contributed by atoms with Crippen molar-refractivity contribution in [1.82, 2.24) is 0 Å². The molecule has 1 amide bonds. The van der Waals surface area contributed by atoms with Gasteiger partial charge >= 0.3 is 5.97 Å². The first-order valence-electron chi connectivity index (χ1n) is 6.61. The third kappa shape index (κ3) is 6.40. The fraction of sp³-hybridized carbons (Fsp3) is 0.250. The zero-order valence-corrected chi connectivity index (χ0v) is 13.6. The molecule has 0 aliphatic rings. The lowest BCUT2D eigenvalue weighted by Gasteiger charge is -2.10. The van der Waals surface area contributed by atoms with Crippen LogP contribution in [0, 0.1) is 0 Å². The molecule has 1 rings (SSSR count). The third-order valence-corrected chi connectivity index (χ3v) is 3.10. The number of benzene rings is 1. The summed E-state index contributed by atoms with van der Waals surface area (Å²) in [5.41, 5.74) is 1.74. The molecule has 1 aromatic rings. The van der Waals surface area contributed by atoms with Gasteiger partial charge in [0.25, 0.3) is 5.91 Å². The zero-order valence-electron chi connectivity index (χ0n) is 12.1. The summed E-state index contributed by atoms with van der Waals surface area (Å²) < 4.78 is 5.80. The van der Waals surface area contributed by atoms with Crippen LogP contribution in [0.15, 0.2) is 47.0 Å². The summed E-state index contributed by atoms with van der Waals surface area (Å²) in [5, 5.41) is 2.74. The van der Waals surface area contributed by atoms with Gasteiger partial charge in [-0.25, -0.2) is 4.79 Å². The number of rotatable bonds is 6. The van der Waals surface area contributed by atoms with Crippen LogP contribution in [0.1, 0.15) is 19.4 Å². The number of halogens is 1. The highest BCUT2D eigenvalue weighted by molar-refractivity contribution is 9.10. The van der Waals surface area contributed by atoms with E-state index in [0.717, 1.165) is 22.1 Å². The van der Waals surface area contributed by atoms with Crippen LogP contribution in [0.4, 0.5) is 5.69 Å². The van der Waals surface area contributed by atoms with E-state index in [0.29, 0.717) is 0 Å². The summed E-state index contributed by atoms with van der Waals surface area (Å²) in [4.78, 5) is 23.1. The Morgan fingerprint density at radius 3 is 2.76 bits per heavy atom. The molecule has 0 saturated carbocycles. The topological polar surface area (TPSA) is 55.4 Å². The van der Waals surface area contributed by atoms with Gasteiger partial charge in [0.1, 0.15) is 0 Å². The molecule has 0 aromatic heterocycles. The Bertz CT molecular complexity index is 565. The highest BCUT2D eigenvalue weighted by Gasteiger charge is 2.08. The molecular formula is C16H18BrNO3. The largest absolute Gasteiger partial charge is 0.452 e. The SMILES string of the molecule is C/C=C/C=C/C(=O)OCC(=O)Nc1ccc(Br)cc1CC. The Hall–Kier alpha value is -1.88. The summed E-state index contributed by atoms with van der Waals surface area (Å²) in [6.07, 6.45) is 7.11. The van der Waals surface area contributed by atoms with Crippen LogP contribution in [0.2, 0.25) is 0 Å². The van der Waals surface area contributed by atoms with Gasteiger partial charge in [0.15, 0.2) is 6.61 Å². The van der Waals surface area contributed by atoms with Crippen LogP contribution in [0.25, 0.3) is 0 Å². The predicted molar refractivity (Wildman–Crippen MR) is 87.1 cm³/mol. The van der Waals surface area contributed by atoms with Crippen molar-refractivity contribution in [3.05, 3.63) is 52.5 Å². The number of ether oxygens (including phenoxy) is 1. The van der Waals surface area contributed by atoms with Crippen molar-refractivity contribution in [3.8, 4) is 0 Å². The van der Waals surface area contributed by atoms with Gasteiger partial charge in [0.05, 0.1) is 0 Å². The number of aryl methyl sites for hydroxylation is 1. The summed E-state index contributed by atoms with van der Waals surface area (Å²) in [7, 11) is 0. The lowest BCUT2D eigenvalue weighted by Crippen LogP contribution is -2.20. The van der Waals surface area contributed by atoms with Crippen LogP contribution in [-0.2, 0) is 20.7 Å². The van der Waals surface area contributed by atoms with Gasteiger partial charge in [-0.3, -0.25) is 4.79 Å². The van der Waals surface area contributed by atoms with E-state index in [1.54, 1.807) is 18.2 Å². The lowest BCUT2D eigenvalue weighted by molar-refractivity contribution is -0.142. The van der Waals surface area contributed by atoms with Crippen molar-refractivity contribution >= 4 is 33.5 Å². The van der Waals surface area contributed by atoms with Gasteiger partial charge in [-0.05, 0) is 37.1 Å². The second kappa shape index (κ2) is 9.13. The van der Waals surface area contributed by atoms with Gasteiger partial charge < -0.3 is 10.1 Å². The van der Waals surface area contributed by atoms with E-state index in [2.05, 4.69) is 21.2 Å². The molecule has 4 nitrogen and oxygen atoms in total. The Morgan fingerprint density at radius 1 is 1.33 bits per heavy atom. The molecule has 0 atom stereocenters. The molecule has 0 fully saturated rings. The van der Waals surface area contributed by atoms with Gasteiger partial charge in [0, 0.05) is 16.2 Å². The highest BCUT2D eigenvalue weighted by Crippen LogP contribution is 2.21. The van der Waals surface area contributed by atoms with Crippen molar-refractivity contribution in [2.45, 2.75) is 20.3 Å². The van der Waals surface area contributed by atoms with E-state index in [4.69, 9.17) is 4.74 Å². The molecule has 0 bridgehead atoms. The Kier molecular flexibility index (Phi) is 7.46. The van der Waals surface area contributed by atoms with E-state index in [9.17, 15) is 9.59 Å². The fourth-order valence-corrected chi connectivity index (χ4v) is 2.00. The number of anilines is 1. The van der Waals surface area contributed by atoms with Crippen molar-refractivity contribution in [3.63, 3.8) is 0 Å². The smallest absolute Gasteiger partial charge is 0.331 e. The number of hydrogen-bond acceptors (Lipinski definition) is 3. The summed E-state index contributed by atoms with van der Waals surface area (Å²) in [6.45, 7) is 3.54. The number of carbonyl (C=O) groups excluding carboxylic acids is 2. The second-order valence-electron chi connectivity index (χ2n) is 4.20. The molecule has 0 radical (unpaired) electrons. The lowest BCUT2D eigenvalue weighted by atomic mass is 10.1. The monoisotopic (exact) mass is 351 g/mol. The van der Waals surface area contributed by atoms with Crippen molar-refractivity contribution in [2.75, 3.05) is 11.9 Å². The van der Waals surface area contributed by atoms with Crippen LogP contribution in [0.5, 0.6) is 0 Å². The van der Waals surface area contributed by atoms with Crippen molar-refractivity contribution in [1.29, 1.82) is 0 Å². The first-order valence-corrected chi connectivity index (χ1v) is 7.40. The Labute approximate surface area is 133 Å². The number of nitrogens with one attached hydrogen (secondary N) is 1. The normalized spacial score (nSPS) is 11.0. The van der Waals surface area contributed by atoms with E-state index in [-0.39, 0.29) is 12.5 Å². The molecule has 1 N–H and O–H groups in total. The number of hydrogen-bond donors (Lipinski definition) is 1. The minimum Gasteiger partial charge on any atom is -0.452 e. The minimum absolute atomic E-state index is 0.307. The molecule has 0 saturated heterocycles. The van der Waals surface area contributed by atoms with Crippen LogP contribution < -0.4 is 5.32 Å². The maximum atomic E-state index is 11.8. The molecule has 0 unspecified atom stereocenters. The number of carbonyl (C=O) groups is 2. The van der Waals surface area contributed by atoms with E-state index >= 15 is 0 Å². The average Bonchev–Trinajstić information content (AvgIpc) is 2.47. The maximum Gasteiger partial charge on any atom is 0.331 e. The van der Waals surface area contributed by atoms with Gasteiger partial charge in [-0.2, -0.15) is 0 Å². The number of allylic oxidation sites excluding steroid dienone is 3. The predicted octanol–water partition coefficient (Wildman–Crippen LogP) is 3.63. The average molecular weight is 352 g/mol. The van der Waals surface area contributed by atoms with E-state index < -0.39 is 5.97 Å². The molecule has 0 aliphatic carbocycles. The van der Waals surface area contributed by atoms with Crippen LogP contribution in [0.3, 0.4) is 0 Å². The van der Waals surface area contributed by atoms with E-state index in [1.165, 1.54) is 6.08 Å². The number of esters is 1. The Morgan fingerprint density at radius 2 is 2.10 bits per heavy atom. The summed E-state index contributed by atoms with van der Waals surface area (Å²) in [6, 6.07) is 5.61. The molecule has 0 spiro atoms. The van der Waals surface area contributed by atoms with E-state index in [1.807, 2.05) is 32.0 Å². The second-order valence-corrected chi connectivity index (χ2v) is 5.11. The molecule has 21 heavy (non-hydrogen) atoms. The summed E-state index contributed by atoms with van der Waals surface area (Å²) in [5.74, 6) is -0.908. The van der Waals surface area contributed by atoms with Crippen LogP contribution >= 0.6 is 15.9 Å².